The van der Waals surface area contributed by atoms with E-state index in [1.165, 1.54) is 12.0 Å². The minimum atomic E-state index is -0.290. The number of fused-ring (bicyclic) bond motifs is 5. The average Bonchev–Trinajstić information content (AvgIpc) is 2.84. The molecule has 4 unspecified atom stereocenters. The van der Waals surface area contributed by atoms with Gasteiger partial charge in [-0.1, -0.05) is 25.5 Å². The van der Waals surface area contributed by atoms with Gasteiger partial charge >= 0.3 is 0 Å². The van der Waals surface area contributed by atoms with Gasteiger partial charge < -0.3 is 15.3 Å². The van der Waals surface area contributed by atoms with Crippen molar-refractivity contribution in [2.45, 2.75) is 84.0 Å². The lowest BCUT2D eigenvalue weighted by atomic mass is 9.45. The maximum atomic E-state index is 11.2. The molecule has 0 bridgehead atoms. The van der Waals surface area contributed by atoms with Crippen LogP contribution in [0.15, 0.2) is 11.6 Å². The van der Waals surface area contributed by atoms with Crippen LogP contribution in [0.5, 0.6) is 0 Å². The molecule has 3 nitrogen and oxygen atoms in total. The van der Waals surface area contributed by atoms with Crippen LogP contribution in [-0.4, -0.2) is 33.6 Å². The summed E-state index contributed by atoms with van der Waals surface area (Å²) in [5.74, 6) is 1.86. The molecule has 4 aliphatic carbocycles. The van der Waals surface area contributed by atoms with E-state index in [0.29, 0.717) is 23.7 Å². The fourth-order valence-electron chi connectivity index (χ4n) is 7.67. The summed E-state index contributed by atoms with van der Waals surface area (Å²) in [6.45, 7) is 6.61. The van der Waals surface area contributed by atoms with Crippen LogP contribution in [0.3, 0.4) is 0 Å². The molecule has 136 valence electrons. The van der Waals surface area contributed by atoms with Crippen LogP contribution in [-0.2, 0) is 0 Å². The molecule has 3 fully saturated rings. The van der Waals surface area contributed by atoms with Crippen molar-refractivity contribution in [2.24, 2.45) is 34.5 Å². The highest BCUT2D eigenvalue weighted by Gasteiger charge is 2.62. The molecule has 3 saturated carbocycles. The van der Waals surface area contributed by atoms with E-state index in [1.807, 2.05) is 6.92 Å². The van der Waals surface area contributed by atoms with E-state index < -0.39 is 0 Å². The van der Waals surface area contributed by atoms with Crippen LogP contribution in [0, 0.1) is 34.5 Å². The summed E-state index contributed by atoms with van der Waals surface area (Å²) in [6, 6.07) is 0. The van der Waals surface area contributed by atoms with Crippen LogP contribution in [0.1, 0.15) is 65.7 Å². The van der Waals surface area contributed by atoms with E-state index in [2.05, 4.69) is 19.9 Å². The monoisotopic (exact) mass is 334 g/mol. The molecule has 24 heavy (non-hydrogen) atoms. The first-order valence-corrected chi connectivity index (χ1v) is 10.0. The fraction of sp³-hybridized carbons (Fsp3) is 0.905. The molecular weight excluding hydrogens is 300 g/mol. The largest absolute Gasteiger partial charge is 0.393 e. The second-order valence-corrected chi connectivity index (χ2v) is 9.75. The van der Waals surface area contributed by atoms with Gasteiger partial charge in [0.25, 0.3) is 0 Å². The number of aliphatic hydroxyl groups is 3. The molecule has 0 aromatic carbocycles. The van der Waals surface area contributed by atoms with E-state index in [1.54, 1.807) is 0 Å². The maximum Gasteiger partial charge on any atom is 0.0724 e. The van der Waals surface area contributed by atoms with Crippen molar-refractivity contribution in [1.29, 1.82) is 0 Å². The minimum absolute atomic E-state index is 0.0613. The molecule has 9 atom stereocenters. The van der Waals surface area contributed by atoms with E-state index >= 15 is 0 Å². The van der Waals surface area contributed by atoms with Gasteiger partial charge in [0.1, 0.15) is 0 Å². The van der Waals surface area contributed by atoms with Crippen LogP contribution < -0.4 is 0 Å². The zero-order chi connectivity index (χ0) is 17.3. The Morgan fingerprint density at radius 1 is 1.12 bits per heavy atom. The molecule has 0 saturated heterocycles. The van der Waals surface area contributed by atoms with Crippen LogP contribution >= 0.6 is 0 Å². The Bertz CT molecular complexity index is 541. The van der Waals surface area contributed by atoms with Gasteiger partial charge in [-0.05, 0) is 86.4 Å². The highest BCUT2D eigenvalue weighted by Crippen LogP contribution is 2.67. The van der Waals surface area contributed by atoms with Crippen molar-refractivity contribution < 1.29 is 15.3 Å². The first kappa shape index (κ1) is 17.1. The van der Waals surface area contributed by atoms with Gasteiger partial charge in [-0.25, -0.2) is 0 Å². The summed E-state index contributed by atoms with van der Waals surface area (Å²) in [6.07, 6.45) is 8.44. The molecule has 0 heterocycles. The highest BCUT2D eigenvalue weighted by molar-refractivity contribution is 5.26. The third kappa shape index (κ3) is 2.20. The highest BCUT2D eigenvalue weighted by atomic mass is 16.3. The lowest BCUT2D eigenvalue weighted by Gasteiger charge is -2.60. The number of hydrogen-bond acceptors (Lipinski definition) is 3. The molecule has 3 heteroatoms. The van der Waals surface area contributed by atoms with Crippen molar-refractivity contribution in [3.05, 3.63) is 11.6 Å². The minimum Gasteiger partial charge on any atom is -0.393 e. The maximum absolute atomic E-state index is 11.2. The summed E-state index contributed by atoms with van der Waals surface area (Å²) in [5, 5.41) is 31.5. The van der Waals surface area contributed by atoms with Crippen LogP contribution in [0.4, 0.5) is 0 Å². The Hall–Kier alpha value is -0.380. The number of hydrogen-bond donors (Lipinski definition) is 3. The van der Waals surface area contributed by atoms with E-state index in [-0.39, 0.29) is 29.1 Å². The van der Waals surface area contributed by atoms with E-state index in [0.717, 1.165) is 38.5 Å². The third-order valence-electron chi connectivity index (χ3n) is 8.68. The Kier molecular flexibility index (Phi) is 3.95. The lowest BCUT2D eigenvalue weighted by molar-refractivity contribution is -0.138. The topological polar surface area (TPSA) is 60.7 Å². The number of rotatable bonds is 1. The average molecular weight is 335 g/mol. The Morgan fingerprint density at radius 2 is 1.88 bits per heavy atom. The zero-order valence-corrected chi connectivity index (χ0v) is 15.4. The summed E-state index contributed by atoms with van der Waals surface area (Å²) in [4.78, 5) is 0. The van der Waals surface area contributed by atoms with E-state index in [9.17, 15) is 15.3 Å². The Morgan fingerprint density at radius 3 is 2.58 bits per heavy atom. The summed E-state index contributed by atoms with van der Waals surface area (Å²) in [5.41, 5.74) is 1.54. The number of aliphatic hydroxyl groups excluding tert-OH is 3. The van der Waals surface area contributed by atoms with Crippen molar-refractivity contribution in [3.63, 3.8) is 0 Å². The van der Waals surface area contributed by atoms with Crippen molar-refractivity contribution in [3.8, 4) is 0 Å². The van der Waals surface area contributed by atoms with Gasteiger partial charge in [-0.15, -0.1) is 0 Å². The summed E-state index contributed by atoms with van der Waals surface area (Å²) < 4.78 is 0. The molecule has 4 rings (SSSR count). The van der Waals surface area contributed by atoms with E-state index in [4.69, 9.17) is 0 Å². The van der Waals surface area contributed by atoms with Gasteiger partial charge in [0.2, 0.25) is 0 Å². The van der Waals surface area contributed by atoms with Crippen LogP contribution in [0.25, 0.3) is 0 Å². The molecule has 0 aromatic heterocycles. The second kappa shape index (κ2) is 5.56. The standard InChI is InChI=1S/C21H34O3/c1-12(22)16-6-7-17-15-5-4-13-10-14(23)8-9-20(13,2)19(15)18(24)11-21(16,17)3/h10,12,14-19,22-24H,4-9,11H2,1-3H3/t12?,14-,15?,16+,17?,18-,19?,20-,21+/m0/s1. The Labute approximate surface area is 146 Å². The third-order valence-corrected chi connectivity index (χ3v) is 8.68. The van der Waals surface area contributed by atoms with Gasteiger partial charge in [-0.3, -0.25) is 0 Å². The van der Waals surface area contributed by atoms with Gasteiger partial charge in [0, 0.05) is 0 Å². The second-order valence-electron chi connectivity index (χ2n) is 9.75. The fourth-order valence-corrected chi connectivity index (χ4v) is 7.67. The SMILES string of the molecule is CC(O)[C@H]1CCC2C3CCC4=C[C@@H](O)CC[C@]4(C)C3[C@@H](O)C[C@@]21C. The summed E-state index contributed by atoms with van der Waals surface area (Å²) in [7, 11) is 0. The van der Waals surface area contributed by atoms with Crippen molar-refractivity contribution >= 4 is 0 Å². The normalized spacial score (nSPS) is 55.2. The first-order chi connectivity index (χ1) is 11.3. The summed E-state index contributed by atoms with van der Waals surface area (Å²) >= 11 is 0. The molecule has 0 amide bonds. The van der Waals surface area contributed by atoms with Crippen molar-refractivity contribution in [1.82, 2.24) is 0 Å². The smallest absolute Gasteiger partial charge is 0.0724 e. The lowest BCUT2D eigenvalue weighted by Crippen LogP contribution is -2.57. The van der Waals surface area contributed by atoms with Gasteiger partial charge in [0.15, 0.2) is 0 Å². The predicted molar refractivity (Wildman–Crippen MR) is 94.3 cm³/mol. The molecule has 0 aliphatic heterocycles. The predicted octanol–water partition coefficient (Wildman–Crippen LogP) is 3.28. The van der Waals surface area contributed by atoms with Gasteiger partial charge in [0.05, 0.1) is 18.3 Å². The zero-order valence-electron chi connectivity index (χ0n) is 15.4. The molecule has 0 spiro atoms. The molecule has 0 aromatic rings. The quantitative estimate of drug-likeness (QED) is 0.645. The number of allylic oxidation sites excluding steroid dienone is 1. The molecule has 0 radical (unpaired) electrons. The van der Waals surface area contributed by atoms with Crippen LogP contribution in [0.2, 0.25) is 0 Å². The molecule has 4 aliphatic rings. The van der Waals surface area contributed by atoms with Gasteiger partial charge in [-0.2, -0.15) is 0 Å². The first-order valence-electron chi connectivity index (χ1n) is 10.0. The Balaban J connectivity index is 1.70. The molecule has 3 N–H and O–H groups in total. The van der Waals surface area contributed by atoms with Crippen molar-refractivity contribution in [2.75, 3.05) is 0 Å². The molecular formula is C21H34O3.